The maximum absolute atomic E-state index is 14.4. The van der Waals surface area contributed by atoms with Gasteiger partial charge in [0.25, 0.3) is 0 Å². The van der Waals surface area contributed by atoms with Crippen LogP contribution in [-0.4, -0.2) is 94.3 Å². The van der Waals surface area contributed by atoms with E-state index in [2.05, 4.69) is 78.3 Å². The molecular weight excluding hydrogens is 856 g/mol. The molecule has 0 bridgehead atoms. The molecular formula is C48H70O9SeSi2. The summed E-state index contributed by atoms with van der Waals surface area (Å²) in [6.45, 7) is 24.9. The zero-order valence-corrected chi connectivity index (χ0v) is 41.8. The van der Waals surface area contributed by atoms with E-state index in [1.54, 1.807) is 25.3 Å². The number of allylic oxidation sites excluding steroid dienone is 1. The average molecular weight is 926 g/mol. The van der Waals surface area contributed by atoms with Gasteiger partial charge in [-0.2, -0.15) is 0 Å². The second-order valence-corrected chi connectivity index (χ2v) is 32.8. The molecule has 5 atom stereocenters. The molecule has 3 unspecified atom stereocenters. The van der Waals surface area contributed by atoms with Crippen molar-refractivity contribution in [1.29, 1.82) is 0 Å². The van der Waals surface area contributed by atoms with Crippen LogP contribution in [0.1, 0.15) is 78.6 Å². The van der Waals surface area contributed by atoms with Crippen molar-refractivity contribution in [1.82, 2.24) is 0 Å². The Bertz CT molecular complexity index is 1820. The predicted molar refractivity (Wildman–Crippen MR) is 247 cm³/mol. The summed E-state index contributed by atoms with van der Waals surface area (Å²) in [4.78, 5) is 27.8. The fourth-order valence-electron chi connectivity index (χ4n) is 6.51. The SMILES string of the molecule is COCOc1cc(OCC[Si](C)(C)C)cc(C(CC[C@H]2OC(C)(C)O[C@@H]2C(/C=C\C(C)C(C)C)OC(=O)c2ccccc2)[Se]c2ccccc2)c1C(=O)OCC[Si](C)(C)C. The molecule has 1 fully saturated rings. The Balaban J connectivity index is 1.79. The molecule has 0 saturated carbocycles. The monoisotopic (exact) mass is 926 g/mol. The molecule has 60 heavy (non-hydrogen) atoms. The molecule has 1 aliphatic rings. The second kappa shape index (κ2) is 22.7. The summed E-state index contributed by atoms with van der Waals surface area (Å²) in [6, 6.07) is 25.1. The molecule has 4 rings (SSSR count). The molecule has 3 aromatic carbocycles. The van der Waals surface area contributed by atoms with Crippen LogP contribution in [-0.2, 0) is 23.7 Å². The van der Waals surface area contributed by atoms with Crippen LogP contribution >= 0.6 is 0 Å². The predicted octanol–water partition coefficient (Wildman–Crippen LogP) is 10.3. The normalized spacial score (nSPS) is 18.3. The molecule has 1 aliphatic heterocycles. The molecule has 0 aliphatic carbocycles. The first-order chi connectivity index (χ1) is 28.2. The summed E-state index contributed by atoms with van der Waals surface area (Å²) >= 11 is -0.152. The van der Waals surface area contributed by atoms with Gasteiger partial charge < -0.3 is 0 Å². The summed E-state index contributed by atoms with van der Waals surface area (Å²) in [6.07, 6.45) is 3.52. The van der Waals surface area contributed by atoms with Crippen LogP contribution < -0.4 is 13.9 Å². The van der Waals surface area contributed by atoms with Gasteiger partial charge in [-0.3, -0.25) is 0 Å². The third kappa shape index (κ3) is 16.2. The molecule has 0 N–H and O–H groups in total. The molecule has 12 heteroatoms. The van der Waals surface area contributed by atoms with E-state index in [-0.39, 0.29) is 32.5 Å². The van der Waals surface area contributed by atoms with Gasteiger partial charge >= 0.3 is 370 Å². The van der Waals surface area contributed by atoms with E-state index in [4.69, 9.17) is 33.2 Å². The molecule has 0 spiro atoms. The van der Waals surface area contributed by atoms with Crippen LogP contribution in [0.25, 0.3) is 0 Å². The van der Waals surface area contributed by atoms with E-state index in [1.807, 2.05) is 62.4 Å². The van der Waals surface area contributed by atoms with Gasteiger partial charge in [0.2, 0.25) is 0 Å². The first-order valence-electron chi connectivity index (χ1n) is 21.4. The quantitative estimate of drug-likeness (QED) is 0.0398. The fraction of sp³-hybridized carbons (Fsp3) is 0.542. The molecule has 0 radical (unpaired) electrons. The Morgan fingerprint density at radius 3 is 2.07 bits per heavy atom. The van der Waals surface area contributed by atoms with Gasteiger partial charge in [0, 0.05) is 0 Å². The van der Waals surface area contributed by atoms with Crippen LogP contribution in [0.5, 0.6) is 11.5 Å². The van der Waals surface area contributed by atoms with Crippen LogP contribution in [0.15, 0.2) is 84.9 Å². The van der Waals surface area contributed by atoms with E-state index in [0.717, 1.165) is 17.7 Å². The molecule has 330 valence electrons. The van der Waals surface area contributed by atoms with Crippen LogP contribution in [0.3, 0.4) is 0 Å². The van der Waals surface area contributed by atoms with Crippen LogP contribution in [0, 0.1) is 11.8 Å². The number of benzene rings is 3. The standard InChI is InChI=1S/C48H70O9SeSi2/c1-34(2)35(3)23-24-40(55-46(49)36-19-15-13-16-20-36)45-41(56-48(4,5)57-45)25-26-43(58-38-21-17-14-18-22-38)39-31-37(52-27-29-59(7,8)9)32-42(54-33-51-6)44(39)47(50)53-28-30-60(10,11)12/h13-24,31-32,34-35,40-41,43,45H,25-30,33H2,1-12H3/b24-23-/t35?,40?,41-,43?,45-/m1/s1. The second-order valence-electron chi connectivity index (χ2n) is 18.9. The Hall–Kier alpha value is -3.23. The number of methoxy groups -OCH3 is 1. The van der Waals surface area contributed by atoms with Crippen molar-refractivity contribution in [2.75, 3.05) is 27.1 Å². The van der Waals surface area contributed by atoms with E-state index >= 15 is 0 Å². The number of ether oxygens (including phenoxy) is 7. The van der Waals surface area contributed by atoms with Gasteiger partial charge in [-0.05, 0) is 0 Å². The average Bonchev–Trinajstić information content (AvgIpc) is 3.49. The van der Waals surface area contributed by atoms with E-state index in [0.29, 0.717) is 54.6 Å². The first-order valence-corrected chi connectivity index (χ1v) is 30.6. The summed E-state index contributed by atoms with van der Waals surface area (Å²) in [5, 5.41) is 0. The van der Waals surface area contributed by atoms with Crippen molar-refractivity contribution in [3.8, 4) is 11.5 Å². The van der Waals surface area contributed by atoms with Gasteiger partial charge in [-0.15, -0.1) is 0 Å². The zero-order valence-electron chi connectivity index (χ0n) is 38.1. The molecule has 1 heterocycles. The minimum absolute atomic E-state index is 0.0441. The molecule has 9 nitrogen and oxygen atoms in total. The van der Waals surface area contributed by atoms with Crippen molar-refractivity contribution in [2.24, 2.45) is 11.8 Å². The van der Waals surface area contributed by atoms with Crippen LogP contribution in [0.2, 0.25) is 51.4 Å². The number of hydrogen-bond donors (Lipinski definition) is 0. The number of hydrogen-bond acceptors (Lipinski definition) is 9. The number of carbonyl (C=O) groups excluding carboxylic acids is 2. The van der Waals surface area contributed by atoms with Gasteiger partial charge in [-0.1, -0.05) is 0 Å². The Morgan fingerprint density at radius 2 is 1.45 bits per heavy atom. The Morgan fingerprint density at radius 1 is 0.817 bits per heavy atom. The van der Waals surface area contributed by atoms with E-state index in [1.165, 1.54) is 4.46 Å². The van der Waals surface area contributed by atoms with Gasteiger partial charge in [-0.25, -0.2) is 0 Å². The summed E-state index contributed by atoms with van der Waals surface area (Å²) in [7, 11) is -1.33. The minimum atomic E-state index is -1.49. The Labute approximate surface area is 368 Å². The molecule has 3 aromatic rings. The molecule has 0 aromatic heterocycles. The van der Waals surface area contributed by atoms with Gasteiger partial charge in [0.05, 0.1) is 0 Å². The topological polar surface area (TPSA) is 98.8 Å². The van der Waals surface area contributed by atoms with E-state index < -0.39 is 52.2 Å². The summed E-state index contributed by atoms with van der Waals surface area (Å²) in [5.74, 6) is -0.126. The fourth-order valence-corrected chi connectivity index (χ4v) is 10.5. The van der Waals surface area contributed by atoms with Crippen LogP contribution in [0.4, 0.5) is 0 Å². The summed E-state index contributed by atoms with van der Waals surface area (Å²) in [5.41, 5.74) is 1.67. The van der Waals surface area contributed by atoms with Crippen molar-refractivity contribution < 1.29 is 42.7 Å². The summed E-state index contributed by atoms with van der Waals surface area (Å²) < 4.78 is 44.9. The van der Waals surface area contributed by atoms with E-state index in [9.17, 15) is 9.59 Å². The maximum atomic E-state index is 14.4. The number of carbonyl (C=O) groups is 2. The van der Waals surface area contributed by atoms with Gasteiger partial charge in [0.15, 0.2) is 0 Å². The third-order valence-electron chi connectivity index (χ3n) is 10.4. The zero-order chi connectivity index (χ0) is 44.1. The molecule has 0 amide bonds. The van der Waals surface area contributed by atoms with Crippen molar-refractivity contribution in [3.05, 3.63) is 102 Å². The van der Waals surface area contributed by atoms with Crippen molar-refractivity contribution in [2.45, 2.75) is 128 Å². The van der Waals surface area contributed by atoms with Gasteiger partial charge in [0.1, 0.15) is 0 Å². The number of rotatable bonds is 23. The molecule has 1 saturated heterocycles. The van der Waals surface area contributed by atoms with Crippen molar-refractivity contribution in [3.63, 3.8) is 0 Å². The van der Waals surface area contributed by atoms with Crippen molar-refractivity contribution >= 4 is 47.5 Å². The number of esters is 2. The Kier molecular flexibility index (Phi) is 18.7. The third-order valence-corrected chi connectivity index (χ3v) is 16.6. The first kappa shape index (κ1) is 49.4.